The summed E-state index contributed by atoms with van der Waals surface area (Å²) >= 11 is 0. The first-order valence-corrected chi connectivity index (χ1v) is 5.76. The molecule has 0 spiro atoms. The zero-order valence-corrected chi connectivity index (χ0v) is 9.95. The molecule has 19 heavy (non-hydrogen) atoms. The summed E-state index contributed by atoms with van der Waals surface area (Å²) in [6.45, 7) is 0. The Bertz CT molecular complexity index is 741. The van der Waals surface area contributed by atoms with E-state index in [1.165, 1.54) is 0 Å². The van der Waals surface area contributed by atoms with Crippen molar-refractivity contribution in [1.82, 2.24) is 10.1 Å². The molecule has 90 valence electrons. The lowest BCUT2D eigenvalue weighted by Crippen LogP contribution is -1.81. The van der Waals surface area contributed by atoms with Crippen LogP contribution in [0.4, 0.5) is 0 Å². The Balaban J connectivity index is 2.00. The molecule has 0 radical (unpaired) electrons. The van der Waals surface area contributed by atoms with Crippen molar-refractivity contribution in [2.75, 3.05) is 0 Å². The maximum Gasteiger partial charge on any atom is 0.258 e. The molecule has 0 bridgehead atoms. The predicted octanol–water partition coefficient (Wildman–Crippen LogP) is 3.28. The molecule has 0 aliphatic rings. The fourth-order valence-corrected chi connectivity index (χ4v) is 1.77. The number of aromatic nitrogens is 2. The van der Waals surface area contributed by atoms with Crippen LogP contribution in [0.25, 0.3) is 22.8 Å². The molecule has 0 unspecified atom stereocenters. The summed E-state index contributed by atoms with van der Waals surface area (Å²) in [5.41, 5.74) is 2.21. The fraction of sp³-hybridized carbons (Fsp3) is 0. The standard InChI is InChI=1S/C15H9N3O/c16-10-11-5-4-8-13(9-11)15-17-14(18-19-15)12-6-2-1-3-7-12/h1-9H. The SMILES string of the molecule is N#Cc1cccc(-c2nc(-c3ccccc3)no2)c1. The fourth-order valence-electron chi connectivity index (χ4n) is 1.77. The minimum Gasteiger partial charge on any atom is -0.334 e. The van der Waals surface area contributed by atoms with E-state index in [4.69, 9.17) is 9.78 Å². The number of hydrogen-bond donors (Lipinski definition) is 0. The van der Waals surface area contributed by atoms with Gasteiger partial charge in [0, 0.05) is 11.1 Å². The molecule has 1 heterocycles. The zero-order valence-electron chi connectivity index (χ0n) is 9.95. The molecule has 0 atom stereocenters. The second-order valence-electron chi connectivity index (χ2n) is 3.98. The summed E-state index contributed by atoms with van der Waals surface area (Å²) in [4.78, 5) is 4.34. The van der Waals surface area contributed by atoms with E-state index >= 15 is 0 Å². The van der Waals surface area contributed by atoms with Gasteiger partial charge >= 0.3 is 0 Å². The third-order valence-electron chi connectivity index (χ3n) is 2.70. The molecule has 0 N–H and O–H groups in total. The van der Waals surface area contributed by atoms with E-state index in [0.717, 1.165) is 11.1 Å². The van der Waals surface area contributed by atoms with Crippen molar-refractivity contribution in [3.8, 4) is 28.9 Å². The van der Waals surface area contributed by atoms with Gasteiger partial charge in [0.05, 0.1) is 11.6 Å². The van der Waals surface area contributed by atoms with Gasteiger partial charge in [-0.05, 0) is 18.2 Å². The lowest BCUT2D eigenvalue weighted by molar-refractivity contribution is 0.432. The molecular weight excluding hydrogens is 238 g/mol. The van der Waals surface area contributed by atoms with Crippen molar-refractivity contribution in [3.05, 3.63) is 60.2 Å². The summed E-state index contributed by atoms with van der Waals surface area (Å²) in [5, 5.41) is 12.8. The zero-order chi connectivity index (χ0) is 13.1. The van der Waals surface area contributed by atoms with E-state index in [1.54, 1.807) is 18.2 Å². The molecular formula is C15H9N3O. The van der Waals surface area contributed by atoms with Gasteiger partial charge in [-0.3, -0.25) is 0 Å². The Morgan fingerprint density at radius 3 is 2.53 bits per heavy atom. The third-order valence-corrected chi connectivity index (χ3v) is 2.70. The largest absolute Gasteiger partial charge is 0.334 e. The first-order valence-electron chi connectivity index (χ1n) is 5.76. The summed E-state index contributed by atoms with van der Waals surface area (Å²) in [6, 6.07) is 18.8. The number of nitrogens with zero attached hydrogens (tertiary/aromatic N) is 3. The van der Waals surface area contributed by atoms with E-state index in [2.05, 4.69) is 16.2 Å². The van der Waals surface area contributed by atoms with E-state index in [-0.39, 0.29) is 0 Å². The van der Waals surface area contributed by atoms with Crippen LogP contribution in [0.1, 0.15) is 5.56 Å². The molecule has 0 aliphatic carbocycles. The van der Waals surface area contributed by atoms with Gasteiger partial charge in [-0.25, -0.2) is 0 Å². The van der Waals surface area contributed by atoms with Crippen LogP contribution in [0, 0.1) is 11.3 Å². The smallest absolute Gasteiger partial charge is 0.258 e. The molecule has 2 aromatic carbocycles. The van der Waals surface area contributed by atoms with E-state index < -0.39 is 0 Å². The summed E-state index contributed by atoms with van der Waals surface area (Å²) in [6.07, 6.45) is 0. The van der Waals surface area contributed by atoms with Gasteiger partial charge in [-0.15, -0.1) is 0 Å². The summed E-state index contributed by atoms with van der Waals surface area (Å²) < 4.78 is 5.23. The first kappa shape index (κ1) is 11.2. The molecule has 0 amide bonds. The Morgan fingerprint density at radius 2 is 1.74 bits per heavy atom. The number of benzene rings is 2. The lowest BCUT2D eigenvalue weighted by Gasteiger charge is -1.94. The van der Waals surface area contributed by atoms with Gasteiger partial charge in [0.25, 0.3) is 5.89 Å². The quantitative estimate of drug-likeness (QED) is 0.697. The average molecular weight is 247 g/mol. The second kappa shape index (κ2) is 4.75. The molecule has 4 heteroatoms. The van der Waals surface area contributed by atoms with E-state index in [0.29, 0.717) is 17.3 Å². The van der Waals surface area contributed by atoms with Crippen LogP contribution in [0.5, 0.6) is 0 Å². The summed E-state index contributed by atoms with van der Waals surface area (Å²) in [5.74, 6) is 0.953. The lowest BCUT2D eigenvalue weighted by atomic mass is 10.1. The van der Waals surface area contributed by atoms with Crippen molar-refractivity contribution in [2.45, 2.75) is 0 Å². The maximum atomic E-state index is 8.88. The van der Waals surface area contributed by atoms with Gasteiger partial charge in [-0.1, -0.05) is 41.6 Å². The van der Waals surface area contributed by atoms with Crippen LogP contribution in [0.2, 0.25) is 0 Å². The first-order chi connectivity index (χ1) is 9.36. The minimum absolute atomic E-state index is 0.413. The molecule has 0 saturated heterocycles. The number of rotatable bonds is 2. The van der Waals surface area contributed by atoms with Gasteiger partial charge in [0.2, 0.25) is 5.82 Å². The molecule has 3 aromatic rings. The van der Waals surface area contributed by atoms with Crippen LogP contribution in [0.3, 0.4) is 0 Å². The molecule has 0 aliphatic heterocycles. The highest BCUT2D eigenvalue weighted by Crippen LogP contribution is 2.22. The molecule has 4 nitrogen and oxygen atoms in total. The van der Waals surface area contributed by atoms with Crippen molar-refractivity contribution >= 4 is 0 Å². The second-order valence-corrected chi connectivity index (χ2v) is 3.98. The molecule has 0 fully saturated rings. The topological polar surface area (TPSA) is 62.7 Å². The van der Waals surface area contributed by atoms with Crippen molar-refractivity contribution in [1.29, 1.82) is 5.26 Å². The van der Waals surface area contributed by atoms with Crippen molar-refractivity contribution in [2.24, 2.45) is 0 Å². The molecule has 0 saturated carbocycles. The van der Waals surface area contributed by atoms with Crippen LogP contribution in [-0.2, 0) is 0 Å². The van der Waals surface area contributed by atoms with Gasteiger partial charge in [-0.2, -0.15) is 10.2 Å². The van der Waals surface area contributed by atoms with Crippen LogP contribution in [0.15, 0.2) is 59.1 Å². The normalized spacial score (nSPS) is 10.1. The maximum absolute atomic E-state index is 8.88. The van der Waals surface area contributed by atoms with Crippen molar-refractivity contribution < 1.29 is 4.52 Å². The van der Waals surface area contributed by atoms with Crippen molar-refractivity contribution in [3.63, 3.8) is 0 Å². The Labute approximate surface area is 109 Å². The van der Waals surface area contributed by atoms with Crippen LogP contribution in [-0.4, -0.2) is 10.1 Å². The number of nitriles is 1. The van der Waals surface area contributed by atoms with Crippen LogP contribution < -0.4 is 0 Å². The Kier molecular flexibility index (Phi) is 2.79. The van der Waals surface area contributed by atoms with E-state index in [1.807, 2.05) is 36.4 Å². The highest BCUT2D eigenvalue weighted by atomic mass is 16.5. The minimum atomic E-state index is 0.413. The summed E-state index contributed by atoms with van der Waals surface area (Å²) in [7, 11) is 0. The number of hydrogen-bond acceptors (Lipinski definition) is 4. The average Bonchev–Trinajstić information content (AvgIpc) is 2.98. The van der Waals surface area contributed by atoms with Gasteiger partial charge in [0.15, 0.2) is 0 Å². The predicted molar refractivity (Wildman–Crippen MR) is 69.9 cm³/mol. The highest BCUT2D eigenvalue weighted by molar-refractivity contribution is 5.60. The van der Waals surface area contributed by atoms with Gasteiger partial charge in [0.1, 0.15) is 0 Å². The third kappa shape index (κ3) is 2.22. The molecule has 3 rings (SSSR count). The Hall–Kier alpha value is -2.93. The monoisotopic (exact) mass is 247 g/mol. The van der Waals surface area contributed by atoms with E-state index in [9.17, 15) is 0 Å². The van der Waals surface area contributed by atoms with Crippen LogP contribution >= 0.6 is 0 Å². The van der Waals surface area contributed by atoms with Gasteiger partial charge < -0.3 is 4.52 Å². The Morgan fingerprint density at radius 1 is 0.947 bits per heavy atom. The highest BCUT2D eigenvalue weighted by Gasteiger charge is 2.10. The molecule has 1 aromatic heterocycles.